The topological polar surface area (TPSA) is 68.3 Å². The molecule has 2 rings (SSSR count). The van der Waals surface area contributed by atoms with Crippen LogP contribution in [0.25, 0.3) is 0 Å². The summed E-state index contributed by atoms with van der Waals surface area (Å²) < 4.78 is 5.07. The van der Waals surface area contributed by atoms with E-state index in [2.05, 4.69) is 5.32 Å². The molecule has 5 nitrogen and oxygen atoms in total. The van der Waals surface area contributed by atoms with Crippen molar-refractivity contribution in [3.05, 3.63) is 63.9 Å². The van der Waals surface area contributed by atoms with Crippen LogP contribution in [-0.2, 0) is 6.54 Å². The van der Waals surface area contributed by atoms with Crippen molar-refractivity contribution in [1.29, 1.82) is 0 Å². The fourth-order valence-electron chi connectivity index (χ4n) is 1.67. The maximum Gasteiger partial charge on any atom is 0.433 e. The van der Waals surface area contributed by atoms with Crippen molar-refractivity contribution in [2.45, 2.75) is 19.5 Å². The molecule has 0 aliphatic rings. The van der Waals surface area contributed by atoms with Gasteiger partial charge in [-0.05, 0) is 18.6 Å². The van der Waals surface area contributed by atoms with Crippen LogP contribution >= 0.6 is 0 Å². The first kappa shape index (κ1) is 12.3. The van der Waals surface area contributed by atoms with Gasteiger partial charge in [-0.2, -0.15) is 0 Å². The monoisotopic (exact) mass is 246 g/mol. The highest BCUT2D eigenvalue weighted by atomic mass is 16.6. The molecule has 2 aromatic rings. The van der Waals surface area contributed by atoms with Crippen LogP contribution in [0.2, 0.25) is 0 Å². The Bertz CT molecular complexity index is 522. The predicted molar refractivity (Wildman–Crippen MR) is 67.1 cm³/mol. The summed E-state index contributed by atoms with van der Waals surface area (Å²) in [5.74, 6) is 0.337. The Hall–Kier alpha value is -2.14. The van der Waals surface area contributed by atoms with Gasteiger partial charge in [0.05, 0.1) is 12.6 Å². The summed E-state index contributed by atoms with van der Waals surface area (Å²) in [6.07, 6.45) is 0. The fraction of sp³-hybridized carbons (Fsp3) is 0.231. The van der Waals surface area contributed by atoms with E-state index in [-0.39, 0.29) is 11.9 Å². The molecule has 1 N–H and O–H groups in total. The highest BCUT2D eigenvalue weighted by Crippen LogP contribution is 2.17. The summed E-state index contributed by atoms with van der Waals surface area (Å²) in [7, 11) is 0. The average molecular weight is 246 g/mol. The maximum atomic E-state index is 10.5. The van der Waals surface area contributed by atoms with Crippen LogP contribution in [0, 0.1) is 10.1 Å². The van der Waals surface area contributed by atoms with Gasteiger partial charge in [0, 0.05) is 6.04 Å². The molecule has 1 aromatic carbocycles. The average Bonchev–Trinajstić information content (AvgIpc) is 2.86. The number of hydrogen-bond acceptors (Lipinski definition) is 4. The third kappa shape index (κ3) is 2.95. The molecule has 0 aliphatic carbocycles. The van der Waals surface area contributed by atoms with Crippen LogP contribution in [0.3, 0.4) is 0 Å². The van der Waals surface area contributed by atoms with Crippen LogP contribution in [0.1, 0.15) is 24.3 Å². The molecule has 0 fully saturated rings. The quantitative estimate of drug-likeness (QED) is 0.650. The molecule has 94 valence electrons. The van der Waals surface area contributed by atoms with E-state index in [0.717, 1.165) is 0 Å². The van der Waals surface area contributed by atoms with Crippen LogP contribution in [-0.4, -0.2) is 4.92 Å². The van der Waals surface area contributed by atoms with Gasteiger partial charge < -0.3 is 9.73 Å². The SMILES string of the molecule is C[C@H](NCc1ccc([N+](=O)[O-])o1)c1ccccc1. The number of nitro groups is 1. The Morgan fingerprint density at radius 2 is 2.00 bits per heavy atom. The first-order valence-electron chi connectivity index (χ1n) is 5.68. The van der Waals surface area contributed by atoms with E-state index in [9.17, 15) is 10.1 Å². The van der Waals surface area contributed by atoms with E-state index in [0.29, 0.717) is 12.3 Å². The molecular formula is C13H14N2O3. The molecule has 1 atom stereocenters. The molecule has 5 heteroatoms. The van der Waals surface area contributed by atoms with Crippen molar-refractivity contribution >= 4 is 5.88 Å². The van der Waals surface area contributed by atoms with E-state index in [1.807, 2.05) is 37.3 Å². The summed E-state index contributed by atoms with van der Waals surface area (Å²) in [4.78, 5) is 9.93. The van der Waals surface area contributed by atoms with E-state index < -0.39 is 4.92 Å². The van der Waals surface area contributed by atoms with Gasteiger partial charge in [0.15, 0.2) is 0 Å². The molecule has 0 aliphatic heterocycles. The molecule has 18 heavy (non-hydrogen) atoms. The number of furan rings is 1. The second-order valence-electron chi connectivity index (χ2n) is 4.01. The standard InChI is InChI=1S/C13H14N2O3/c1-10(11-5-3-2-4-6-11)14-9-12-7-8-13(18-12)15(16)17/h2-8,10,14H,9H2,1H3/t10-/m0/s1. The zero-order chi connectivity index (χ0) is 13.0. The lowest BCUT2D eigenvalue weighted by molar-refractivity contribution is -0.402. The highest BCUT2D eigenvalue weighted by Gasteiger charge is 2.12. The predicted octanol–water partition coefficient (Wildman–Crippen LogP) is 3.04. The summed E-state index contributed by atoms with van der Waals surface area (Å²) in [5.41, 5.74) is 1.17. The van der Waals surface area contributed by atoms with Gasteiger partial charge in [-0.25, -0.2) is 0 Å². The van der Waals surface area contributed by atoms with Crippen LogP contribution in [0.15, 0.2) is 46.9 Å². The molecule has 0 radical (unpaired) electrons. The molecule has 0 saturated carbocycles. The normalized spacial score (nSPS) is 12.3. The van der Waals surface area contributed by atoms with Crippen molar-refractivity contribution in [3.8, 4) is 0 Å². The Balaban J connectivity index is 1.93. The lowest BCUT2D eigenvalue weighted by atomic mass is 10.1. The first-order chi connectivity index (χ1) is 8.66. The summed E-state index contributed by atoms with van der Waals surface area (Å²) in [5, 5.41) is 13.7. The second kappa shape index (κ2) is 5.46. The zero-order valence-electron chi connectivity index (χ0n) is 10.00. The van der Waals surface area contributed by atoms with Gasteiger partial charge in [-0.1, -0.05) is 30.3 Å². The number of rotatable bonds is 5. The lowest BCUT2D eigenvalue weighted by Gasteiger charge is -2.12. The number of nitrogens with zero attached hydrogens (tertiary/aromatic N) is 1. The fourth-order valence-corrected chi connectivity index (χ4v) is 1.67. The van der Waals surface area contributed by atoms with Crippen molar-refractivity contribution in [3.63, 3.8) is 0 Å². The van der Waals surface area contributed by atoms with E-state index >= 15 is 0 Å². The van der Waals surface area contributed by atoms with Crippen LogP contribution in [0.5, 0.6) is 0 Å². The van der Waals surface area contributed by atoms with Gasteiger partial charge >= 0.3 is 5.88 Å². The Labute approximate surface area is 105 Å². The Morgan fingerprint density at radius 1 is 1.28 bits per heavy atom. The van der Waals surface area contributed by atoms with Gasteiger partial charge in [0.25, 0.3) is 0 Å². The van der Waals surface area contributed by atoms with E-state index in [4.69, 9.17) is 4.42 Å². The minimum atomic E-state index is -0.538. The van der Waals surface area contributed by atoms with Gasteiger partial charge in [0.2, 0.25) is 0 Å². The molecule has 1 heterocycles. The van der Waals surface area contributed by atoms with Crippen LogP contribution < -0.4 is 5.32 Å². The summed E-state index contributed by atoms with van der Waals surface area (Å²) >= 11 is 0. The van der Waals surface area contributed by atoms with Gasteiger partial charge in [0.1, 0.15) is 10.7 Å². The van der Waals surface area contributed by atoms with Gasteiger partial charge in [-0.15, -0.1) is 0 Å². The minimum Gasteiger partial charge on any atom is -0.404 e. The largest absolute Gasteiger partial charge is 0.433 e. The lowest BCUT2D eigenvalue weighted by Crippen LogP contribution is -2.17. The number of benzene rings is 1. The number of nitrogens with one attached hydrogen (secondary N) is 1. The molecule has 0 unspecified atom stereocenters. The van der Waals surface area contributed by atoms with Crippen molar-refractivity contribution in [2.24, 2.45) is 0 Å². The second-order valence-corrected chi connectivity index (χ2v) is 4.01. The number of hydrogen-bond donors (Lipinski definition) is 1. The smallest absolute Gasteiger partial charge is 0.404 e. The highest BCUT2D eigenvalue weighted by molar-refractivity contribution is 5.20. The molecule has 0 spiro atoms. The third-order valence-corrected chi connectivity index (χ3v) is 2.71. The van der Waals surface area contributed by atoms with Crippen molar-refractivity contribution in [1.82, 2.24) is 5.32 Å². The zero-order valence-corrected chi connectivity index (χ0v) is 10.00. The minimum absolute atomic E-state index is 0.162. The summed E-state index contributed by atoms with van der Waals surface area (Å²) in [6, 6.07) is 13.1. The first-order valence-corrected chi connectivity index (χ1v) is 5.68. The summed E-state index contributed by atoms with van der Waals surface area (Å²) in [6.45, 7) is 2.50. The van der Waals surface area contributed by atoms with Crippen LogP contribution in [0.4, 0.5) is 5.88 Å². The molecular weight excluding hydrogens is 232 g/mol. The molecule has 0 saturated heterocycles. The van der Waals surface area contributed by atoms with E-state index in [1.54, 1.807) is 6.07 Å². The maximum absolute atomic E-state index is 10.5. The molecule has 0 bridgehead atoms. The van der Waals surface area contributed by atoms with Crippen molar-refractivity contribution < 1.29 is 9.34 Å². The Kier molecular flexibility index (Phi) is 3.74. The molecule has 1 aromatic heterocycles. The van der Waals surface area contributed by atoms with Gasteiger partial charge in [-0.3, -0.25) is 10.1 Å². The Morgan fingerprint density at radius 3 is 2.61 bits per heavy atom. The van der Waals surface area contributed by atoms with Crippen molar-refractivity contribution in [2.75, 3.05) is 0 Å². The van der Waals surface area contributed by atoms with E-state index in [1.165, 1.54) is 11.6 Å². The third-order valence-electron chi connectivity index (χ3n) is 2.71. The molecule has 0 amide bonds.